The maximum atomic E-state index is 11.8. The average Bonchev–Trinajstić information content (AvgIpc) is 2.58. The molecule has 136 valence electrons. The summed E-state index contributed by atoms with van der Waals surface area (Å²) in [6, 6.07) is 13.8. The molecule has 0 aliphatic rings. The molecular weight excluding hydrogens is 359 g/mol. The molecule has 2 aromatic carbocycles. The summed E-state index contributed by atoms with van der Waals surface area (Å²) in [5.41, 5.74) is 0.541. The summed E-state index contributed by atoms with van der Waals surface area (Å²) in [5, 5.41) is 0. The Kier molecular flexibility index (Phi) is 10.5. The van der Waals surface area contributed by atoms with Gasteiger partial charge in [-0.25, -0.2) is 8.42 Å². The molecule has 0 spiro atoms. The Bertz CT molecular complexity index is 761. The number of benzene rings is 2. The van der Waals surface area contributed by atoms with Crippen LogP contribution in [-0.2, 0) is 16.5 Å². The molecule has 0 fully saturated rings. The minimum Gasteiger partial charge on any atom is -0.744 e. The van der Waals surface area contributed by atoms with Gasteiger partial charge in [0.15, 0.2) is 0 Å². The van der Waals surface area contributed by atoms with E-state index < -0.39 is 10.1 Å². The summed E-state index contributed by atoms with van der Waals surface area (Å²) in [5.74, 6) is 0.605. The van der Waals surface area contributed by atoms with E-state index in [2.05, 4.69) is 6.92 Å². The quantitative estimate of drug-likeness (QED) is 0.358. The minimum atomic E-state index is -4.61. The van der Waals surface area contributed by atoms with E-state index in [0.717, 1.165) is 19.3 Å². The predicted octanol–water partition coefficient (Wildman–Crippen LogP) is 2.29. The smallest absolute Gasteiger partial charge is 0.744 e. The van der Waals surface area contributed by atoms with Crippen LogP contribution in [-0.4, -0.2) is 13.0 Å². The molecule has 0 saturated carbocycles. The van der Waals surface area contributed by atoms with Gasteiger partial charge in [0.1, 0.15) is 26.5 Å². The van der Waals surface area contributed by atoms with E-state index in [4.69, 9.17) is 4.74 Å². The molecule has 0 N–H and O–H groups in total. The average molecular weight is 384 g/mol. The number of aryl methyl sites for hydroxylation is 1. The van der Waals surface area contributed by atoms with Crippen molar-refractivity contribution >= 4 is 10.1 Å². The van der Waals surface area contributed by atoms with E-state index in [-0.39, 0.29) is 40.2 Å². The molecule has 0 radical (unpaired) electrons. The van der Waals surface area contributed by atoms with Crippen LogP contribution in [0.2, 0.25) is 0 Å². The van der Waals surface area contributed by atoms with Crippen LogP contribution < -0.4 is 34.3 Å². The summed E-state index contributed by atoms with van der Waals surface area (Å²) in [7, 11) is -4.61. The summed E-state index contributed by atoms with van der Waals surface area (Å²) in [6.45, 7) is 2.17. The van der Waals surface area contributed by atoms with Crippen LogP contribution in [0.3, 0.4) is 0 Å². The monoisotopic (exact) mass is 384 g/mol. The molecule has 0 aromatic heterocycles. The van der Waals surface area contributed by atoms with Crippen LogP contribution >= 0.6 is 0 Å². The van der Waals surface area contributed by atoms with Gasteiger partial charge in [0.2, 0.25) is 0 Å². The van der Waals surface area contributed by atoms with Crippen molar-refractivity contribution in [1.82, 2.24) is 0 Å². The van der Waals surface area contributed by atoms with Crippen molar-refractivity contribution in [2.24, 2.45) is 0 Å². The van der Waals surface area contributed by atoms with Gasteiger partial charge >= 0.3 is 29.6 Å². The fourth-order valence-corrected chi connectivity index (χ4v) is 3.68. The Labute approximate surface area is 179 Å². The van der Waals surface area contributed by atoms with Crippen LogP contribution in [0, 0.1) is 0 Å². The molecule has 0 atom stereocenters. The molecule has 0 aliphatic heterocycles. The van der Waals surface area contributed by atoms with Gasteiger partial charge in [0.25, 0.3) is 0 Å². The molecule has 0 saturated heterocycles. The van der Waals surface area contributed by atoms with Crippen molar-refractivity contribution in [2.45, 2.75) is 56.8 Å². The summed E-state index contributed by atoms with van der Waals surface area (Å²) >= 11 is 0. The molecule has 2 rings (SSSR count). The zero-order valence-corrected chi connectivity index (χ0v) is 18.4. The first kappa shape index (κ1) is 23.2. The molecule has 0 heterocycles. The number of hydrogen-bond acceptors (Lipinski definition) is 4. The second kappa shape index (κ2) is 11.8. The topological polar surface area (TPSA) is 66.4 Å². The van der Waals surface area contributed by atoms with Crippen molar-refractivity contribution in [2.75, 3.05) is 0 Å². The fourth-order valence-electron chi connectivity index (χ4n) is 2.83. The minimum absolute atomic E-state index is 0. The van der Waals surface area contributed by atoms with Crippen molar-refractivity contribution in [3.8, 4) is 11.5 Å². The maximum Gasteiger partial charge on any atom is 1.00 e. The van der Waals surface area contributed by atoms with E-state index in [1.807, 2.05) is 6.07 Å². The Morgan fingerprint density at radius 1 is 0.885 bits per heavy atom. The van der Waals surface area contributed by atoms with E-state index in [1.165, 1.54) is 25.3 Å². The Balaban J connectivity index is 0.00000338. The number of para-hydroxylation sites is 1. The normalized spacial score (nSPS) is 11.0. The number of hydrogen-bond donors (Lipinski definition) is 0. The van der Waals surface area contributed by atoms with Crippen molar-refractivity contribution in [1.29, 1.82) is 0 Å². The summed E-state index contributed by atoms with van der Waals surface area (Å²) in [4.78, 5) is -0.229. The molecule has 4 nitrogen and oxygen atoms in total. The molecule has 26 heavy (non-hydrogen) atoms. The van der Waals surface area contributed by atoms with Gasteiger partial charge < -0.3 is 9.29 Å². The van der Waals surface area contributed by atoms with Gasteiger partial charge in [0, 0.05) is 0 Å². The Hall–Kier alpha value is -0.850. The fraction of sp³-hybridized carbons (Fsp3) is 0.400. The number of ether oxygens (including phenoxy) is 1. The van der Waals surface area contributed by atoms with Gasteiger partial charge in [-0.2, -0.15) is 0 Å². The zero-order valence-electron chi connectivity index (χ0n) is 15.6. The second-order valence-corrected chi connectivity index (χ2v) is 7.45. The molecule has 2 aromatic rings. The third-order valence-corrected chi connectivity index (χ3v) is 5.04. The van der Waals surface area contributed by atoms with E-state index in [9.17, 15) is 13.0 Å². The molecule has 0 unspecified atom stereocenters. The van der Waals surface area contributed by atoms with Gasteiger partial charge in [0.05, 0.1) is 0 Å². The molecular formula is C20H25NaO4S. The SMILES string of the molecule is CCCCCCCCc1cccc(Oc2ccccc2)c1S(=O)(=O)[O-].[Na+]. The van der Waals surface area contributed by atoms with E-state index in [1.54, 1.807) is 36.4 Å². The first-order valence-electron chi connectivity index (χ1n) is 8.83. The third-order valence-electron chi connectivity index (χ3n) is 4.08. The van der Waals surface area contributed by atoms with Crippen LogP contribution in [0.25, 0.3) is 0 Å². The second-order valence-electron chi connectivity index (χ2n) is 6.13. The van der Waals surface area contributed by atoms with E-state index in [0.29, 0.717) is 17.7 Å². The van der Waals surface area contributed by atoms with E-state index >= 15 is 0 Å². The van der Waals surface area contributed by atoms with Gasteiger partial charge in [-0.1, -0.05) is 69.4 Å². The Morgan fingerprint density at radius 3 is 2.19 bits per heavy atom. The zero-order chi connectivity index (χ0) is 18.1. The summed E-state index contributed by atoms with van der Waals surface area (Å²) < 4.78 is 41.1. The maximum absolute atomic E-state index is 11.8. The predicted molar refractivity (Wildman–Crippen MR) is 98.0 cm³/mol. The van der Waals surface area contributed by atoms with Crippen LogP contribution in [0.1, 0.15) is 51.0 Å². The van der Waals surface area contributed by atoms with Crippen LogP contribution in [0.15, 0.2) is 53.4 Å². The number of rotatable bonds is 10. The molecule has 6 heteroatoms. The van der Waals surface area contributed by atoms with Crippen molar-refractivity contribution < 1.29 is 47.3 Å². The van der Waals surface area contributed by atoms with Crippen molar-refractivity contribution in [3.63, 3.8) is 0 Å². The standard InChI is InChI=1S/C20H26O4S.Na/c1-2-3-4-5-6-8-12-17-13-11-16-19(20(17)25(21,22)23)24-18-14-9-7-10-15-18;/h7,9-11,13-16H,2-6,8,12H2,1H3,(H,21,22,23);/q;+1/p-1. The first-order valence-corrected chi connectivity index (χ1v) is 10.2. The van der Waals surface area contributed by atoms with Gasteiger partial charge in [-0.15, -0.1) is 0 Å². The van der Waals surface area contributed by atoms with Crippen LogP contribution in [0.5, 0.6) is 11.5 Å². The Morgan fingerprint density at radius 2 is 1.54 bits per heavy atom. The largest absolute Gasteiger partial charge is 1.00 e. The molecule has 0 bridgehead atoms. The third kappa shape index (κ3) is 7.41. The van der Waals surface area contributed by atoms with Crippen LogP contribution in [0.4, 0.5) is 0 Å². The summed E-state index contributed by atoms with van der Waals surface area (Å²) in [6.07, 6.45) is 7.20. The van der Waals surface area contributed by atoms with Crippen molar-refractivity contribution in [3.05, 3.63) is 54.1 Å². The number of unbranched alkanes of at least 4 members (excludes halogenated alkanes) is 5. The van der Waals surface area contributed by atoms with Gasteiger partial charge in [-0.05, 0) is 36.6 Å². The van der Waals surface area contributed by atoms with Gasteiger partial charge in [-0.3, -0.25) is 0 Å². The molecule has 0 aliphatic carbocycles. The first-order chi connectivity index (χ1) is 12.0. The molecule has 0 amide bonds.